The van der Waals surface area contributed by atoms with Crippen LogP contribution in [0.1, 0.15) is 39.7 Å². The number of anilines is 1. The number of nitrogens with one attached hydrogen (secondary N) is 1. The third-order valence-electron chi connectivity index (χ3n) is 2.76. The third-order valence-corrected chi connectivity index (χ3v) is 2.76. The maximum Gasteiger partial charge on any atom is 0.412 e. The number of amides is 1. The van der Waals surface area contributed by atoms with Crippen LogP contribution in [0.25, 0.3) is 0 Å². The second-order valence-electron chi connectivity index (χ2n) is 6.04. The zero-order chi connectivity index (χ0) is 16.0. The molecule has 0 heterocycles. The van der Waals surface area contributed by atoms with Gasteiger partial charge in [-0.25, -0.2) is 4.79 Å². The number of hydrogen-bond acceptors (Lipinski definition) is 4. The Morgan fingerprint density at radius 1 is 1.38 bits per heavy atom. The predicted molar refractivity (Wildman–Crippen MR) is 82.9 cm³/mol. The van der Waals surface area contributed by atoms with Crippen LogP contribution in [0, 0.1) is 0 Å². The Morgan fingerprint density at radius 2 is 2.05 bits per heavy atom. The van der Waals surface area contributed by atoms with Gasteiger partial charge in [0, 0.05) is 5.69 Å². The van der Waals surface area contributed by atoms with E-state index in [4.69, 9.17) is 9.47 Å². The summed E-state index contributed by atoms with van der Waals surface area (Å²) >= 11 is 0. The summed E-state index contributed by atoms with van der Waals surface area (Å²) in [5, 5.41) is 12.1. The van der Waals surface area contributed by atoms with E-state index in [0.717, 1.165) is 11.3 Å². The van der Waals surface area contributed by atoms with Gasteiger partial charge in [-0.1, -0.05) is 0 Å². The maximum atomic E-state index is 11.8. The summed E-state index contributed by atoms with van der Waals surface area (Å²) in [4.78, 5) is 11.8. The lowest BCUT2D eigenvalue weighted by Crippen LogP contribution is -2.27. The van der Waals surface area contributed by atoms with Crippen molar-refractivity contribution >= 4 is 11.8 Å². The van der Waals surface area contributed by atoms with Gasteiger partial charge in [0.05, 0.1) is 13.2 Å². The van der Waals surface area contributed by atoms with Crippen molar-refractivity contribution in [3.63, 3.8) is 0 Å². The van der Waals surface area contributed by atoms with E-state index < -0.39 is 11.7 Å². The van der Waals surface area contributed by atoms with Crippen LogP contribution in [-0.4, -0.2) is 30.0 Å². The normalized spacial score (nSPS) is 12.7. The zero-order valence-electron chi connectivity index (χ0n) is 13.4. The molecule has 0 saturated heterocycles. The third kappa shape index (κ3) is 6.49. The lowest BCUT2D eigenvalue weighted by atomic mass is 10.1. The van der Waals surface area contributed by atoms with E-state index in [1.54, 1.807) is 26.2 Å². The number of rotatable bonds is 5. The molecule has 21 heavy (non-hydrogen) atoms. The molecule has 1 amide bonds. The van der Waals surface area contributed by atoms with Crippen LogP contribution in [0.3, 0.4) is 0 Å². The standard InChI is InChI=1S/C16H25NO4/c1-11(18)6-7-12-10-13(8-9-14(12)20-5)17-15(19)21-16(2,3)4/h8-11,18H,6-7H2,1-5H3,(H,17,19). The molecule has 1 aromatic carbocycles. The summed E-state index contributed by atoms with van der Waals surface area (Å²) in [5.41, 5.74) is 1.05. The van der Waals surface area contributed by atoms with Crippen molar-refractivity contribution < 1.29 is 19.4 Å². The van der Waals surface area contributed by atoms with Crippen molar-refractivity contribution in [3.8, 4) is 5.75 Å². The number of ether oxygens (including phenoxy) is 2. The SMILES string of the molecule is COc1ccc(NC(=O)OC(C)(C)C)cc1CCC(C)O. The monoisotopic (exact) mass is 295 g/mol. The van der Waals surface area contributed by atoms with E-state index in [0.29, 0.717) is 18.5 Å². The minimum Gasteiger partial charge on any atom is -0.496 e. The number of benzene rings is 1. The molecular weight excluding hydrogens is 270 g/mol. The lowest BCUT2D eigenvalue weighted by Gasteiger charge is -2.20. The summed E-state index contributed by atoms with van der Waals surface area (Å²) in [7, 11) is 1.60. The van der Waals surface area contributed by atoms with Gasteiger partial charge in [0.2, 0.25) is 0 Å². The van der Waals surface area contributed by atoms with Gasteiger partial charge < -0.3 is 14.6 Å². The molecule has 1 unspecified atom stereocenters. The molecule has 0 fully saturated rings. The quantitative estimate of drug-likeness (QED) is 0.874. The summed E-state index contributed by atoms with van der Waals surface area (Å²) in [6.07, 6.45) is 0.433. The van der Waals surface area contributed by atoms with Crippen molar-refractivity contribution in [2.75, 3.05) is 12.4 Å². The highest BCUT2D eigenvalue weighted by molar-refractivity contribution is 5.85. The van der Waals surface area contributed by atoms with Crippen LogP contribution in [-0.2, 0) is 11.2 Å². The Hall–Kier alpha value is -1.75. The van der Waals surface area contributed by atoms with Crippen LogP contribution >= 0.6 is 0 Å². The smallest absolute Gasteiger partial charge is 0.412 e. The van der Waals surface area contributed by atoms with Crippen molar-refractivity contribution in [3.05, 3.63) is 23.8 Å². The molecule has 0 radical (unpaired) electrons. The summed E-state index contributed by atoms with van der Waals surface area (Å²) in [5.74, 6) is 0.741. The molecule has 1 rings (SSSR count). The largest absolute Gasteiger partial charge is 0.496 e. The molecule has 0 aliphatic heterocycles. The number of aliphatic hydroxyl groups excluding tert-OH is 1. The molecule has 0 aliphatic rings. The van der Waals surface area contributed by atoms with Crippen LogP contribution in [0.4, 0.5) is 10.5 Å². The van der Waals surface area contributed by atoms with Gasteiger partial charge in [-0.05, 0) is 64.3 Å². The molecule has 0 bridgehead atoms. The first kappa shape index (κ1) is 17.3. The summed E-state index contributed by atoms with van der Waals surface area (Å²) < 4.78 is 10.5. The molecule has 0 saturated carbocycles. The fourth-order valence-corrected chi connectivity index (χ4v) is 1.84. The van der Waals surface area contributed by atoms with Crippen molar-refractivity contribution in [1.29, 1.82) is 0 Å². The van der Waals surface area contributed by atoms with Crippen LogP contribution in [0.2, 0.25) is 0 Å². The van der Waals surface area contributed by atoms with Crippen molar-refractivity contribution in [2.45, 2.75) is 52.2 Å². The highest BCUT2D eigenvalue weighted by Crippen LogP contribution is 2.24. The van der Waals surface area contributed by atoms with Gasteiger partial charge in [-0.2, -0.15) is 0 Å². The number of aliphatic hydroxyl groups is 1. The molecule has 2 N–H and O–H groups in total. The molecule has 0 aromatic heterocycles. The summed E-state index contributed by atoms with van der Waals surface area (Å²) in [6, 6.07) is 5.39. The second kappa shape index (κ2) is 7.31. The number of methoxy groups -OCH3 is 1. The Morgan fingerprint density at radius 3 is 2.57 bits per heavy atom. The zero-order valence-corrected chi connectivity index (χ0v) is 13.4. The fraction of sp³-hybridized carbons (Fsp3) is 0.562. The highest BCUT2D eigenvalue weighted by atomic mass is 16.6. The maximum absolute atomic E-state index is 11.8. The van der Waals surface area contributed by atoms with E-state index in [1.807, 2.05) is 26.8 Å². The molecular formula is C16H25NO4. The van der Waals surface area contributed by atoms with E-state index in [-0.39, 0.29) is 6.10 Å². The minimum absolute atomic E-state index is 0.378. The Labute approximate surface area is 126 Å². The molecule has 5 heteroatoms. The van der Waals surface area contributed by atoms with Crippen molar-refractivity contribution in [2.24, 2.45) is 0 Å². The molecule has 5 nitrogen and oxygen atoms in total. The average molecular weight is 295 g/mol. The number of aryl methyl sites for hydroxylation is 1. The van der Waals surface area contributed by atoms with Gasteiger partial charge in [0.25, 0.3) is 0 Å². The topological polar surface area (TPSA) is 67.8 Å². The van der Waals surface area contributed by atoms with Crippen LogP contribution < -0.4 is 10.1 Å². The lowest BCUT2D eigenvalue weighted by molar-refractivity contribution is 0.0636. The Kier molecular flexibility index (Phi) is 6.03. The van der Waals surface area contributed by atoms with Crippen LogP contribution in [0.5, 0.6) is 5.75 Å². The molecule has 0 aliphatic carbocycles. The van der Waals surface area contributed by atoms with Gasteiger partial charge in [0.15, 0.2) is 0 Å². The number of carbonyl (C=O) groups excluding carboxylic acids is 1. The van der Waals surface area contributed by atoms with Crippen molar-refractivity contribution in [1.82, 2.24) is 0 Å². The van der Waals surface area contributed by atoms with Gasteiger partial charge in [-0.15, -0.1) is 0 Å². The fourth-order valence-electron chi connectivity index (χ4n) is 1.84. The molecule has 1 atom stereocenters. The Balaban J connectivity index is 2.79. The molecule has 0 spiro atoms. The minimum atomic E-state index is -0.536. The first-order valence-electron chi connectivity index (χ1n) is 7.06. The second-order valence-corrected chi connectivity index (χ2v) is 6.04. The summed E-state index contributed by atoms with van der Waals surface area (Å²) in [6.45, 7) is 7.19. The average Bonchev–Trinajstić information content (AvgIpc) is 2.34. The van der Waals surface area contributed by atoms with E-state index in [9.17, 15) is 9.90 Å². The van der Waals surface area contributed by atoms with Gasteiger partial charge in [0.1, 0.15) is 11.4 Å². The van der Waals surface area contributed by atoms with E-state index in [2.05, 4.69) is 5.32 Å². The Bertz CT molecular complexity index is 478. The number of hydrogen-bond donors (Lipinski definition) is 2. The molecule has 1 aromatic rings. The van der Waals surface area contributed by atoms with Gasteiger partial charge >= 0.3 is 6.09 Å². The molecule has 118 valence electrons. The highest BCUT2D eigenvalue weighted by Gasteiger charge is 2.16. The van der Waals surface area contributed by atoms with E-state index >= 15 is 0 Å². The first-order valence-corrected chi connectivity index (χ1v) is 7.06. The van der Waals surface area contributed by atoms with Crippen LogP contribution in [0.15, 0.2) is 18.2 Å². The number of carbonyl (C=O) groups is 1. The first-order chi connectivity index (χ1) is 9.71. The predicted octanol–water partition coefficient (Wildman–Crippen LogP) is 3.36. The van der Waals surface area contributed by atoms with Gasteiger partial charge in [-0.3, -0.25) is 5.32 Å². The van der Waals surface area contributed by atoms with E-state index in [1.165, 1.54) is 0 Å².